The van der Waals surface area contributed by atoms with Crippen LogP contribution in [0.3, 0.4) is 0 Å². The first-order chi connectivity index (χ1) is 13.7. The monoisotopic (exact) mass is 372 g/mol. The third-order valence-corrected chi connectivity index (χ3v) is 4.32. The molecule has 140 valence electrons. The minimum atomic E-state index is -0.320. The highest BCUT2D eigenvalue weighted by Gasteiger charge is 2.15. The average molecular weight is 372 g/mol. The lowest BCUT2D eigenvalue weighted by Gasteiger charge is -2.10. The lowest BCUT2D eigenvalue weighted by Crippen LogP contribution is -2.19. The van der Waals surface area contributed by atoms with E-state index in [-0.39, 0.29) is 6.03 Å². The molecule has 28 heavy (non-hydrogen) atoms. The highest BCUT2D eigenvalue weighted by Crippen LogP contribution is 2.34. The fourth-order valence-electron chi connectivity index (χ4n) is 3.08. The van der Waals surface area contributed by atoms with Gasteiger partial charge in [-0.25, -0.2) is 4.79 Å². The van der Waals surface area contributed by atoms with Gasteiger partial charge in [-0.15, -0.1) is 0 Å². The summed E-state index contributed by atoms with van der Waals surface area (Å²) in [5, 5.41) is 6.77. The molecule has 0 atom stereocenters. The van der Waals surface area contributed by atoms with E-state index in [0.29, 0.717) is 18.0 Å². The summed E-state index contributed by atoms with van der Waals surface area (Å²) >= 11 is 0. The van der Waals surface area contributed by atoms with E-state index in [9.17, 15) is 4.79 Å². The summed E-state index contributed by atoms with van der Waals surface area (Å²) in [5.74, 6) is 0.768. The van der Waals surface area contributed by atoms with Crippen LogP contribution in [0.25, 0.3) is 22.2 Å². The van der Waals surface area contributed by atoms with Crippen LogP contribution in [-0.4, -0.2) is 22.6 Å². The van der Waals surface area contributed by atoms with Gasteiger partial charge in [-0.05, 0) is 49.4 Å². The van der Waals surface area contributed by atoms with Gasteiger partial charge in [-0.1, -0.05) is 18.2 Å². The summed E-state index contributed by atoms with van der Waals surface area (Å²) in [4.78, 5) is 20.2. The Balaban J connectivity index is 1.61. The maximum Gasteiger partial charge on any atom is 0.323 e. The number of benzene rings is 2. The first-order valence-electron chi connectivity index (χ1n) is 9.06. The Hall–Kier alpha value is -3.80. The molecule has 0 spiro atoms. The number of aromatic nitrogens is 2. The number of fused-ring (bicyclic) bond motifs is 1. The van der Waals surface area contributed by atoms with Crippen LogP contribution in [0.4, 0.5) is 16.2 Å². The van der Waals surface area contributed by atoms with Gasteiger partial charge in [0.1, 0.15) is 5.75 Å². The van der Waals surface area contributed by atoms with Gasteiger partial charge in [-0.3, -0.25) is 4.98 Å². The van der Waals surface area contributed by atoms with Crippen LogP contribution < -0.4 is 15.4 Å². The lowest BCUT2D eigenvalue weighted by molar-refractivity contribution is 0.262. The van der Waals surface area contributed by atoms with Gasteiger partial charge in [0.25, 0.3) is 0 Å². The molecule has 0 aliphatic heterocycles. The highest BCUT2D eigenvalue weighted by molar-refractivity contribution is 6.10. The molecular formula is C22H20N4O2. The highest BCUT2D eigenvalue weighted by atomic mass is 16.5. The molecule has 0 aliphatic rings. The van der Waals surface area contributed by atoms with Crippen LogP contribution in [0.15, 0.2) is 73.1 Å². The maximum atomic E-state index is 12.6. The van der Waals surface area contributed by atoms with Gasteiger partial charge >= 0.3 is 6.03 Å². The standard InChI is InChI=1S/C22H20N4O2/c1-2-28-17-11-9-16(10-12-17)24-22(27)26-21-18-7-3-4-8-19(18)25-20(21)15-6-5-13-23-14-15/h3-14,25H,2H2,1H3,(H2,24,26,27). The number of ether oxygens (including phenoxy) is 1. The normalized spacial score (nSPS) is 10.6. The molecule has 3 N–H and O–H groups in total. The quantitative estimate of drug-likeness (QED) is 0.446. The van der Waals surface area contributed by atoms with E-state index < -0.39 is 0 Å². The smallest absolute Gasteiger partial charge is 0.323 e. The summed E-state index contributed by atoms with van der Waals surface area (Å²) in [7, 11) is 0. The van der Waals surface area contributed by atoms with Crippen molar-refractivity contribution in [1.29, 1.82) is 0 Å². The van der Waals surface area contributed by atoms with Crippen LogP contribution in [0.5, 0.6) is 5.75 Å². The Morgan fingerprint density at radius 2 is 1.86 bits per heavy atom. The van der Waals surface area contributed by atoms with Gasteiger partial charge in [0.15, 0.2) is 0 Å². The van der Waals surface area contributed by atoms with Crippen molar-refractivity contribution in [2.45, 2.75) is 6.92 Å². The number of pyridine rings is 1. The maximum absolute atomic E-state index is 12.6. The molecule has 4 rings (SSSR count). The van der Waals surface area contributed by atoms with Crippen molar-refractivity contribution in [3.05, 3.63) is 73.1 Å². The Kier molecular flexibility index (Phi) is 4.93. The Morgan fingerprint density at radius 3 is 2.61 bits per heavy atom. The first-order valence-corrected chi connectivity index (χ1v) is 9.06. The SMILES string of the molecule is CCOc1ccc(NC(=O)Nc2c(-c3cccnc3)[nH]c3ccccc23)cc1. The van der Waals surface area contributed by atoms with Gasteiger partial charge in [0.05, 0.1) is 18.0 Å². The van der Waals surface area contributed by atoms with Crippen LogP contribution in [0, 0.1) is 0 Å². The number of hydrogen-bond acceptors (Lipinski definition) is 3. The average Bonchev–Trinajstić information content (AvgIpc) is 3.09. The number of nitrogens with zero attached hydrogens (tertiary/aromatic N) is 1. The fraction of sp³-hybridized carbons (Fsp3) is 0.0909. The molecule has 0 aliphatic carbocycles. The van der Waals surface area contributed by atoms with Crippen molar-refractivity contribution < 1.29 is 9.53 Å². The molecule has 6 heteroatoms. The second kappa shape index (κ2) is 7.84. The number of para-hydroxylation sites is 1. The number of H-pyrrole nitrogens is 1. The zero-order valence-electron chi connectivity index (χ0n) is 15.4. The number of urea groups is 1. The van der Waals surface area contributed by atoms with Crippen molar-refractivity contribution in [1.82, 2.24) is 9.97 Å². The van der Waals surface area contributed by atoms with Crippen molar-refractivity contribution in [3.63, 3.8) is 0 Å². The molecule has 2 heterocycles. The summed E-state index contributed by atoms with van der Waals surface area (Å²) in [5.41, 5.74) is 4.06. The minimum absolute atomic E-state index is 0.320. The van der Waals surface area contributed by atoms with Crippen LogP contribution in [0.2, 0.25) is 0 Å². The van der Waals surface area contributed by atoms with E-state index in [2.05, 4.69) is 20.6 Å². The van der Waals surface area contributed by atoms with E-state index >= 15 is 0 Å². The van der Waals surface area contributed by atoms with E-state index in [0.717, 1.165) is 27.9 Å². The third kappa shape index (κ3) is 3.66. The fourth-order valence-corrected chi connectivity index (χ4v) is 3.08. The largest absolute Gasteiger partial charge is 0.494 e. The predicted octanol–water partition coefficient (Wildman–Crippen LogP) is 5.27. The second-order valence-electron chi connectivity index (χ2n) is 6.20. The number of carbonyl (C=O) groups excluding carboxylic acids is 1. The number of anilines is 2. The molecule has 4 aromatic rings. The van der Waals surface area contributed by atoms with E-state index in [1.807, 2.05) is 67.6 Å². The molecule has 2 aromatic heterocycles. The summed E-state index contributed by atoms with van der Waals surface area (Å²) < 4.78 is 5.43. The van der Waals surface area contributed by atoms with Crippen molar-refractivity contribution >= 4 is 28.3 Å². The summed E-state index contributed by atoms with van der Waals surface area (Å²) in [6, 6.07) is 18.6. The molecule has 0 bridgehead atoms. The third-order valence-electron chi connectivity index (χ3n) is 4.32. The molecule has 0 radical (unpaired) electrons. The topological polar surface area (TPSA) is 79.0 Å². The van der Waals surface area contributed by atoms with Crippen LogP contribution in [-0.2, 0) is 0 Å². The van der Waals surface area contributed by atoms with Crippen LogP contribution >= 0.6 is 0 Å². The number of rotatable bonds is 5. The minimum Gasteiger partial charge on any atom is -0.494 e. The van der Waals surface area contributed by atoms with Gasteiger partial charge < -0.3 is 20.4 Å². The number of aromatic amines is 1. The van der Waals surface area contributed by atoms with Crippen molar-refractivity contribution in [2.75, 3.05) is 17.2 Å². The zero-order chi connectivity index (χ0) is 19.3. The van der Waals surface area contributed by atoms with E-state index in [4.69, 9.17) is 4.74 Å². The molecule has 0 saturated heterocycles. The number of nitrogens with one attached hydrogen (secondary N) is 3. The second-order valence-corrected chi connectivity index (χ2v) is 6.20. The number of carbonyl (C=O) groups is 1. The van der Waals surface area contributed by atoms with Gasteiger partial charge in [-0.2, -0.15) is 0 Å². The number of amides is 2. The first kappa shape index (κ1) is 17.6. The predicted molar refractivity (Wildman–Crippen MR) is 112 cm³/mol. The zero-order valence-corrected chi connectivity index (χ0v) is 15.4. The van der Waals surface area contributed by atoms with Crippen molar-refractivity contribution in [2.24, 2.45) is 0 Å². The Bertz CT molecular complexity index is 1090. The molecule has 0 saturated carbocycles. The Labute approximate surface area is 162 Å². The summed E-state index contributed by atoms with van der Waals surface area (Å²) in [6.07, 6.45) is 3.48. The molecule has 0 unspecified atom stereocenters. The Morgan fingerprint density at radius 1 is 1.04 bits per heavy atom. The van der Waals surface area contributed by atoms with Gasteiger partial charge in [0.2, 0.25) is 0 Å². The molecule has 2 amide bonds. The molecule has 0 fully saturated rings. The summed E-state index contributed by atoms with van der Waals surface area (Å²) in [6.45, 7) is 2.53. The van der Waals surface area contributed by atoms with E-state index in [1.54, 1.807) is 12.4 Å². The van der Waals surface area contributed by atoms with Crippen LogP contribution in [0.1, 0.15) is 6.92 Å². The molecular weight excluding hydrogens is 352 g/mol. The van der Waals surface area contributed by atoms with E-state index in [1.165, 1.54) is 0 Å². The molecule has 2 aromatic carbocycles. The lowest BCUT2D eigenvalue weighted by atomic mass is 10.1. The van der Waals surface area contributed by atoms with Gasteiger partial charge in [0, 0.05) is 34.5 Å². The number of hydrogen-bond donors (Lipinski definition) is 3. The molecule has 6 nitrogen and oxygen atoms in total. The van der Waals surface area contributed by atoms with Crippen molar-refractivity contribution in [3.8, 4) is 17.0 Å².